The molecule has 8 heteroatoms. The summed E-state index contributed by atoms with van der Waals surface area (Å²) in [7, 11) is -2.18. The van der Waals surface area contributed by atoms with E-state index in [4.69, 9.17) is 5.11 Å². The zero-order valence-corrected chi connectivity index (χ0v) is 15.5. The van der Waals surface area contributed by atoms with E-state index in [-0.39, 0.29) is 29.0 Å². The number of nitrogens with zero attached hydrogens (tertiary/aromatic N) is 2. The van der Waals surface area contributed by atoms with Crippen molar-refractivity contribution < 1.29 is 23.1 Å². The standard InChI is InChI=1S/C17H24N2O5S/c1-12(2)18(3)25(23,24)15-8-4-6-13(10-15)16(20)19-9-5-7-14(11-19)17(21)22/h4,6,8,10,12,14H,5,7,9,11H2,1-3H3,(H,21,22)/t14-/m0/s1. The number of amides is 1. The van der Waals surface area contributed by atoms with Crippen molar-refractivity contribution in [2.45, 2.75) is 37.6 Å². The molecule has 0 bridgehead atoms. The maximum atomic E-state index is 12.7. The molecule has 1 aromatic rings. The number of sulfonamides is 1. The Morgan fingerprint density at radius 1 is 1.32 bits per heavy atom. The van der Waals surface area contributed by atoms with Crippen LogP contribution in [-0.4, -0.2) is 60.8 Å². The van der Waals surface area contributed by atoms with Crippen LogP contribution < -0.4 is 0 Å². The number of aliphatic carboxylic acids is 1. The van der Waals surface area contributed by atoms with Gasteiger partial charge in [-0.15, -0.1) is 0 Å². The summed E-state index contributed by atoms with van der Waals surface area (Å²) in [5.41, 5.74) is 0.254. The monoisotopic (exact) mass is 368 g/mol. The summed E-state index contributed by atoms with van der Waals surface area (Å²) in [6, 6.07) is 5.71. The Balaban J connectivity index is 2.26. The molecule has 1 saturated heterocycles. The van der Waals surface area contributed by atoms with Crippen LogP contribution in [0.3, 0.4) is 0 Å². The summed E-state index contributed by atoms with van der Waals surface area (Å²) in [5, 5.41) is 9.15. The SMILES string of the molecule is CC(C)N(C)S(=O)(=O)c1cccc(C(=O)N2CCC[C@H](C(=O)O)C2)c1. The third kappa shape index (κ3) is 4.19. The van der Waals surface area contributed by atoms with Crippen LogP contribution in [0, 0.1) is 5.92 Å². The first kappa shape index (κ1) is 19.4. The Bertz CT molecular complexity index is 760. The summed E-state index contributed by atoms with van der Waals surface area (Å²) in [4.78, 5) is 25.4. The van der Waals surface area contributed by atoms with Gasteiger partial charge in [-0.25, -0.2) is 8.42 Å². The van der Waals surface area contributed by atoms with Gasteiger partial charge in [-0.2, -0.15) is 4.31 Å². The first-order valence-electron chi connectivity index (χ1n) is 8.24. The number of piperidine rings is 1. The van der Waals surface area contributed by atoms with E-state index in [0.29, 0.717) is 19.4 Å². The Kier molecular flexibility index (Phi) is 5.84. The van der Waals surface area contributed by atoms with Crippen molar-refractivity contribution in [1.82, 2.24) is 9.21 Å². The van der Waals surface area contributed by atoms with E-state index in [2.05, 4.69) is 0 Å². The quantitative estimate of drug-likeness (QED) is 0.853. The molecular formula is C17H24N2O5S. The second-order valence-corrected chi connectivity index (χ2v) is 8.57. The minimum Gasteiger partial charge on any atom is -0.481 e. The molecule has 1 N–H and O–H groups in total. The maximum Gasteiger partial charge on any atom is 0.308 e. The predicted octanol–water partition coefficient (Wildman–Crippen LogP) is 1.65. The molecule has 25 heavy (non-hydrogen) atoms. The molecule has 1 aliphatic rings. The Morgan fingerprint density at radius 2 is 2.00 bits per heavy atom. The molecule has 1 aliphatic heterocycles. The molecule has 0 radical (unpaired) electrons. The fourth-order valence-corrected chi connectivity index (χ4v) is 4.19. The first-order valence-corrected chi connectivity index (χ1v) is 9.68. The number of carbonyl (C=O) groups excluding carboxylic acids is 1. The molecule has 1 amide bonds. The number of carboxylic acids is 1. The summed E-state index contributed by atoms with van der Waals surface area (Å²) < 4.78 is 26.4. The van der Waals surface area contributed by atoms with Gasteiger partial charge in [0.25, 0.3) is 5.91 Å². The minimum absolute atomic E-state index is 0.0568. The number of rotatable bonds is 5. The van der Waals surface area contributed by atoms with Gasteiger partial charge in [-0.3, -0.25) is 9.59 Å². The lowest BCUT2D eigenvalue weighted by molar-refractivity contribution is -0.143. The Morgan fingerprint density at radius 3 is 2.60 bits per heavy atom. The van der Waals surface area contributed by atoms with Crippen molar-refractivity contribution in [1.29, 1.82) is 0 Å². The van der Waals surface area contributed by atoms with Gasteiger partial charge in [0.2, 0.25) is 10.0 Å². The van der Waals surface area contributed by atoms with E-state index in [0.717, 1.165) is 0 Å². The highest BCUT2D eigenvalue weighted by molar-refractivity contribution is 7.89. The summed E-state index contributed by atoms with van der Waals surface area (Å²) >= 11 is 0. The van der Waals surface area contributed by atoms with Crippen LogP contribution in [0.15, 0.2) is 29.2 Å². The van der Waals surface area contributed by atoms with Crippen LogP contribution in [0.4, 0.5) is 0 Å². The average Bonchev–Trinajstić information content (AvgIpc) is 2.60. The molecule has 1 fully saturated rings. The summed E-state index contributed by atoms with van der Waals surface area (Å²) in [6.45, 7) is 4.17. The molecule has 0 aliphatic carbocycles. The van der Waals surface area contributed by atoms with Crippen molar-refractivity contribution >= 4 is 21.9 Å². The fraction of sp³-hybridized carbons (Fsp3) is 0.529. The number of hydrogen-bond acceptors (Lipinski definition) is 4. The number of carbonyl (C=O) groups is 2. The molecule has 2 rings (SSSR count). The zero-order valence-electron chi connectivity index (χ0n) is 14.7. The second-order valence-electron chi connectivity index (χ2n) is 6.57. The lowest BCUT2D eigenvalue weighted by Gasteiger charge is -2.31. The second kappa shape index (κ2) is 7.53. The molecule has 0 spiro atoms. The third-order valence-corrected chi connectivity index (χ3v) is 6.57. The first-order chi connectivity index (χ1) is 11.6. The van der Waals surface area contributed by atoms with E-state index in [9.17, 15) is 18.0 Å². The molecule has 0 aromatic heterocycles. The van der Waals surface area contributed by atoms with E-state index in [1.807, 2.05) is 0 Å². The molecule has 1 aromatic carbocycles. The van der Waals surface area contributed by atoms with Crippen molar-refractivity contribution in [2.75, 3.05) is 20.1 Å². The van der Waals surface area contributed by atoms with Gasteiger partial charge in [0.15, 0.2) is 0 Å². The number of likely N-dealkylation sites (tertiary alicyclic amines) is 1. The van der Waals surface area contributed by atoms with Crippen LogP contribution in [0.1, 0.15) is 37.0 Å². The molecule has 1 heterocycles. The lowest BCUT2D eigenvalue weighted by Crippen LogP contribution is -2.42. The van der Waals surface area contributed by atoms with Crippen molar-refractivity contribution in [3.8, 4) is 0 Å². The molecule has 0 unspecified atom stereocenters. The summed E-state index contributed by atoms with van der Waals surface area (Å²) in [6.07, 6.45) is 1.17. The van der Waals surface area contributed by atoms with E-state index >= 15 is 0 Å². The van der Waals surface area contributed by atoms with E-state index < -0.39 is 21.9 Å². The molecule has 138 valence electrons. The third-order valence-electron chi connectivity index (χ3n) is 4.54. The largest absolute Gasteiger partial charge is 0.481 e. The predicted molar refractivity (Wildman–Crippen MR) is 92.8 cm³/mol. The highest BCUT2D eigenvalue weighted by atomic mass is 32.2. The van der Waals surface area contributed by atoms with Crippen molar-refractivity contribution in [2.24, 2.45) is 5.92 Å². The van der Waals surface area contributed by atoms with Crippen molar-refractivity contribution in [3.63, 3.8) is 0 Å². The molecule has 0 saturated carbocycles. The Labute approximate surface area is 148 Å². The maximum absolute atomic E-state index is 12.7. The highest BCUT2D eigenvalue weighted by Gasteiger charge is 2.29. The van der Waals surface area contributed by atoms with Crippen LogP contribution in [0.5, 0.6) is 0 Å². The smallest absolute Gasteiger partial charge is 0.308 e. The van der Waals surface area contributed by atoms with Crippen LogP contribution >= 0.6 is 0 Å². The van der Waals surface area contributed by atoms with Crippen LogP contribution in [0.2, 0.25) is 0 Å². The molecule has 7 nitrogen and oxygen atoms in total. The van der Waals surface area contributed by atoms with Gasteiger partial charge in [0.05, 0.1) is 10.8 Å². The van der Waals surface area contributed by atoms with E-state index in [1.165, 1.54) is 34.5 Å². The number of benzene rings is 1. The van der Waals surface area contributed by atoms with E-state index in [1.54, 1.807) is 19.9 Å². The number of hydrogen-bond donors (Lipinski definition) is 1. The van der Waals surface area contributed by atoms with Gasteiger partial charge < -0.3 is 10.0 Å². The van der Waals surface area contributed by atoms with Crippen LogP contribution in [0.25, 0.3) is 0 Å². The van der Waals surface area contributed by atoms with Crippen molar-refractivity contribution in [3.05, 3.63) is 29.8 Å². The molecule has 1 atom stereocenters. The highest BCUT2D eigenvalue weighted by Crippen LogP contribution is 2.22. The minimum atomic E-state index is -3.68. The fourth-order valence-electron chi connectivity index (χ4n) is 2.78. The van der Waals surface area contributed by atoms with Crippen LogP contribution in [-0.2, 0) is 14.8 Å². The van der Waals surface area contributed by atoms with Gasteiger partial charge in [0, 0.05) is 31.7 Å². The normalized spacial score (nSPS) is 18.6. The van der Waals surface area contributed by atoms with Gasteiger partial charge in [-0.05, 0) is 44.9 Å². The zero-order chi connectivity index (χ0) is 18.8. The average molecular weight is 368 g/mol. The lowest BCUT2D eigenvalue weighted by atomic mass is 9.97. The van der Waals surface area contributed by atoms with Gasteiger partial charge in [-0.1, -0.05) is 6.07 Å². The summed E-state index contributed by atoms with van der Waals surface area (Å²) in [5.74, 6) is -1.82. The van der Waals surface area contributed by atoms with Gasteiger partial charge >= 0.3 is 5.97 Å². The molecular weight excluding hydrogens is 344 g/mol. The number of carboxylic acid groups (broad SMARTS) is 1. The van der Waals surface area contributed by atoms with Gasteiger partial charge in [0.1, 0.15) is 0 Å². The topological polar surface area (TPSA) is 95.0 Å². The Hall–Kier alpha value is -1.93.